The van der Waals surface area contributed by atoms with Crippen molar-refractivity contribution < 1.29 is 14.7 Å². The number of hydrogen-bond donors (Lipinski definition) is 2. The summed E-state index contributed by atoms with van der Waals surface area (Å²) < 4.78 is 0.447. The van der Waals surface area contributed by atoms with Crippen molar-refractivity contribution in [2.45, 2.75) is 6.92 Å². The summed E-state index contributed by atoms with van der Waals surface area (Å²) in [5.41, 5.74) is 2.10. The van der Waals surface area contributed by atoms with E-state index in [0.717, 1.165) is 5.56 Å². The molecule has 2 aromatic carbocycles. The van der Waals surface area contributed by atoms with Crippen molar-refractivity contribution in [3.8, 4) is 5.75 Å². The topological polar surface area (TPSA) is 69.6 Å². The van der Waals surface area contributed by atoms with Gasteiger partial charge >= 0.3 is 0 Å². The highest BCUT2D eigenvalue weighted by Crippen LogP contribution is 2.36. The van der Waals surface area contributed by atoms with E-state index in [1.165, 1.54) is 23.6 Å². The second-order valence-electron chi connectivity index (χ2n) is 5.34. The van der Waals surface area contributed by atoms with Crippen molar-refractivity contribution in [3.63, 3.8) is 0 Å². The summed E-state index contributed by atoms with van der Waals surface area (Å²) >= 11 is 6.56. The normalized spacial score (nSPS) is 15.7. The van der Waals surface area contributed by atoms with E-state index < -0.39 is 0 Å². The molecule has 1 aliphatic rings. The van der Waals surface area contributed by atoms with Crippen LogP contribution in [-0.2, 0) is 9.59 Å². The van der Waals surface area contributed by atoms with Gasteiger partial charge in [0.15, 0.2) is 4.32 Å². The number of carbonyl (C=O) groups excluding carboxylic acids is 2. The molecule has 0 aromatic heterocycles. The molecule has 0 spiro atoms. The van der Waals surface area contributed by atoms with E-state index in [4.69, 9.17) is 12.2 Å². The van der Waals surface area contributed by atoms with Gasteiger partial charge in [-0.1, -0.05) is 36.1 Å². The summed E-state index contributed by atoms with van der Waals surface area (Å²) in [5, 5.41) is 12.0. The second kappa shape index (κ2) is 7.08. The molecule has 1 saturated heterocycles. The predicted octanol–water partition coefficient (Wildman–Crippen LogP) is 3.76. The lowest BCUT2D eigenvalue weighted by Crippen LogP contribution is -2.27. The molecule has 2 amide bonds. The number of thiocarbonyl (C=S) groups is 1. The first-order valence-corrected chi connectivity index (χ1v) is 8.61. The van der Waals surface area contributed by atoms with Crippen LogP contribution < -0.4 is 10.2 Å². The minimum atomic E-state index is -0.199. The third-order valence-electron chi connectivity index (χ3n) is 3.43. The molecule has 0 aliphatic carbocycles. The van der Waals surface area contributed by atoms with Crippen molar-refractivity contribution in [2.75, 3.05) is 10.2 Å². The smallest absolute Gasteiger partial charge is 0.270 e. The number of nitrogens with zero attached hydrogens (tertiary/aromatic N) is 1. The van der Waals surface area contributed by atoms with Crippen LogP contribution >= 0.6 is 24.0 Å². The maximum absolute atomic E-state index is 12.7. The summed E-state index contributed by atoms with van der Waals surface area (Å²) in [5.74, 6) is -0.186. The number of anilines is 2. The molecule has 3 rings (SSSR count). The third kappa shape index (κ3) is 3.89. The van der Waals surface area contributed by atoms with E-state index in [9.17, 15) is 14.7 Å². The van der Waals surface area contributed by atoms with Crippen molar-refractivity contribution in [1.29, 1.82) is 0 Å². The molecule has 0 unspecified atom stereocenters. The lowest BCUT2D eigenvalue weighted by atomic mass is 10.2. The van der Waals surface area contributed by atoms with Crippen molar-refractivity contribution >= 4 is 57.6 Å². The Kier molecular flexibility index (Phi) is 4.87. The number of aromatic hydroxyl groups is 1. The van der Waals surface area contributed by atoms with E-state index in [-0.39, 0.29) is 17.6 Å². The number of phenolic OH excluding ortho intramolecular Hbond substituents is 1. The predicted molar refractivity (Wildman–Crippen MR) is 105 cm³/mol. The minimum Gasteiger partial charge on any atom is -0.508 e. The number of benzene rings is 2. The van der Waals surface area contributed by atoms with Crippen LogP contribution in [0.25, 0.3) is 6.08 Å². The van der Waals surface area contributed by atoms with Crippen molar-refractivity contribution in [3.05, 3.63) is 59.0 Å². The number of rotatable bonds is 3. The molecule has 2 aromatic rings. The summed E-state index contributed by atoms with van der Waals surface area (Å²) in [6.45, 7) is 1.43. The van der Waals surface area contributed by atoms with Crippen LogP contribution in [0.15, 0.2) is 53.4 Å². The van der Waals surface area contributed by atoms with Gasteiger partial charge in [-0.3, -0.25) is 14.5 Å². The van der Waals surface area contributed by atoms with E-state index in [1.54, 1.807) is 54.6 Å². The van der Waals surface area contributed by atoms with Crippen LogP contribution in [0.3, 0.4) is 0 Å². The monoisotopic (exact) mass is 370 g/mol. The van der Waals surface area contributed by atoms with Crippen molar-refractivity contribution in [2.24, 2.45) is 0 Å². The molecule has 0 saturated carbocycles. The largest absolute Gasteiger partial charge is 0.508 e. The van der Waals surface area contributed by atoms with Gasteiger partial charge < -0.3 is 10.4 Å². The van der Waals surface area contributed by atoms with Crippen molar-refractivity contribution in [1.82, 2.24) is 0 Å². The molecule has 0 atom stereocenters. The van der Waals surface area contributed by atoms with E-state index in [0.29, 0.717) is 20.6 Å². The molecule has 7 heteroatoms. The molecule has 25 heavy (non-hydrogen) atoms. The van der Waals surface area contributed by atoms with Crippen LogP contribution in [0.2, 0.25) is 0 Å². The zero-order chi connectivity index (χ0) is 18.0. The highest BCUT2D eigenvalue weighted by atomic mass is 32.2. The number of phenols is 1. The molecular weight excluding hydrogens is 356 g/mol. The maximum atomic E-state index is 12.7. The Morgan fingerprint density at radius 2 is 1.80 bits per heavy atom. The Labute approximate surface area is 154 Å². The molecule has 1 heterocycles. The zero-order valence-electron chi connectivity index (χ0n) is 13.2. The number of carbonyl (C=O) groups is 2. The molecule has 1 fully saturated rings. The number of hydrogen-bond acceptors (Lipinski definition) is 5. The Morgan fingerprint density at radius 1 is 1.16 bits per heavy atom. The van der Waals surface area contributed by atoms with Crippen LogP contribution in [0.5, 0.6) is 5.75 Å². The standard InChI is InChI=1S/C18H14N2O3S2/c1-11(21)19-13-4-6-14(7-5-13)20-17(23)16(25-18(20)24)10-12-2-8-15(22)9-3-12/h2-10,22H,1H3,(H,19,21)/b16-10-. The van der Waals surface area contributed by atoms with Crippen LogP contribution in [-0.4, -0.2) is 21.2 Å². The van der Waals surface area contributed by atoms with E-state index >= 15 is 0 Å². The summed E-state index contributed by atoms with van der Waals surface area (Å²) in [7, 11) is 0. The lowest BCUT2D eigenvalue weighted by Gasteiger charge is -2.15. The third-order valence-corrected chi connectivity index (χ3v) is 4.73. The first-order valence-electron chi connectivity index (χ1n) is 7.39. The van der Waals surface area contributed by atoms with Crippen LogP contribution in [0.1, 0.15) is 12.5 Å². The first-order chi connectivity index (χ1) is 11.9. The maximum Gasteiger partial charge on any atom is 0.270 e. The fourth-order valence-corrected chi connectivity index (χ4v) is 3.61. The Balaban J connectivity index is 1.83. The Bertz CT molecular complexity index is 874. The molecule has 2 N–H and O–H groups in total. The molecule has 5 nitrogen and oxygen atoms in total. The van der Waals surface area contributed by atoms with E-state index in [1.807, 2.05) is 0 Å². The average molecular weight is 370 g/mol. The molecular formula is C18H14N2O3S2. The van der Waals surface area contributed by atoms with Gasteiger partial charge in [-0.15, -0.1) is 0 Å². The number of amides is 2. The first kappa shape index (κ1) is 17.2. The Hall–Kier alpha value is -2.64. The summed E-state index contributed by atoms with van der Waals surface area (Å²) in [6, 6.07) is 13.5. The van der Waals surface area contributed by atoms with Gasteiger partial charge in [0, 0.05) is 12.6 Å². The molecule has 1 aliphatic heterocycles. The van der Waals surface area contributed by atoms with Gasteiger partial charge in [0.1, 0.15) is 5.75 Å². The molecule has 0 bridgehead atoms. The van der Waals surface area contributed by atoms with Gasteiger partial charge in [-0.05, 0) is 48.0 Å². The van der Waals surface area contributed by atoms with E-state index in [2.05, 4.69) is 5.32 Å². The average Bonchev–Trinajstić information content (AvgIpc) is 2.84. The van der Waals surface area contributed by atoms with Gasteiger partial charge in [0.25, 0.3) is 5.91 Å². The zero-order valence-corrected chi connectivity index (χ0v) is 14.9. The lowest BCUT2D eigenvalue weighted by molar-refractivity contribution is -0.114. The quantitative estimate of drug-likeness (QED) is 0.636. The highest BCUT2D eigenvalue weighted by Gasteiger charge is 2.33. The molecule has 0 radical (unpaired) electrons. The van der Waals surface area contributed by atoms with Crippen LogP contribution in [0.4, 0.5) is 11.4 Å². The minimum absolute atomic E-state index is 0.157. The second-order valence-corrected chi connectivity index (χ2v) is 7.01. The number of nitrogens with one attached hydrogen (secondary N) is 1. The summed E-state index contributed by atoms with van der Waals surface area (Å²) in [6.07, 6.45) is 1.74. The SMILES string of the molecule is CC(=O)Nc1ccc(N2C(=O)/C(=C/c3ccc(O)cc3)SC2=S)cc1. The Morgan fingerprint density at radius 3 is 2.40 bits per heavy atom. The summed E-state index contributed by atoms with van der Waals surface area (Å²) in [4.78, 5) is 25.7. The fraction of sp³-hybridized carbons (Fsp3) is 0.0556. The molecule has 126 valence electrons. The highest BCUT2D eigenvalue weighted by molar-refractivity contribution is 8.27. The fourth-order valence-electron chi connectivity index (χ4n) is 2.31. The van der Waals surface area contributed by atoms with Crippen LogP contribution in [0, 0.1) is 0 Å². The van der Waals surface area contributed by atoms with Gasteiger partial charge in [0.05, 0.1) is 10.6 Å². The van der Waals surface area contributed by atoms with Gasteiger partial charge in [0.2, 0.25) is 5.91 Å². The van der Waals surface area contributed by atoms with Gasteiger partial charge in [-0.25, -0.2) is 0 Å². The number of thioether (sulfide) groups is 1. The van der Waals surface area contributed by atoms with Gasteiger partial charge in [-0.2, -0.15) is 0 Å².